The largest absolute Gasteiger partial charge is 0.478 e. The van der Waals surface area contributed by atoms with Gasteiger partial charge in [-0.15, -0.1) is 0 Å². The monoisotopic (exact) mass is 239 g/mol. The van der Waals surface area contributed by atoms with Gasteiger partial charge in [-0.3, -0.25) is 0 Å². The van der Waals surface area contributed by atoms with Crippen molar-refractivity contribution < 1.29 is 9.90 Å². The number of rotatable bonds is 1. The molecule has 13 heavy (non-hydrogen) atoms. The standard InChI is InChI=1S/C9H6BrNO2/c10-7-4-11-8-2-1-5(9(12)13)3-6(7)8/h1-4,11H,(H,12,13). The lowest BCUT2D eigenvalue weighted by atomic mass is 10.1. The Morgan fingerprint density at radius 3 is 2.92 bits per heavy atom. The molecule has 1 heterocycles. The van der Waals surface area contributed by atoms with Crippen LogP contribution in [0.15, 0.2) is 28.9 Å². The smallest absolute Gasteiger partial charge is 0.335 e. The van der Waals surface area contributed by atoms with Crippen molar-refractivity contribution in [3.8, 4) is 0 Å². The average molecular weight is 240 g/mol. The number of fused-ring (bicyclic) bond motifs is 1. The summed E-state index contributed by atoms with van der Waals surface area (Å²) < 4.78 is 0.880. The highest BCUT2D eigenvalue weighted by molar-refractivity contribution is 9.10. The van der Waals surface area contributed by atoms with Crippen molar-refractivity contribution >= 4 is 32.8 Å². The van der Waals surface area contributed by atoms with Crippen molar-refractivity contribution in [2.75, 3.05) is 0 Å². The molecule has 1 aromatic carbocycles. The number of hydrogen-bond donors (Lipinski definition) is 2. The molecule has 0 aliphatic heterocycles. The second kappa shape index (κ2) is 2.88. The minimum Gasteiger partial charge on any atom is -0.478 e. The first-order valence-corrected chi connectivity index (χ1v) is 4.48. The summed E-state index contributed by atoms with van der Waals surface area (Å²) in [6.07, 6.45) is 1.79. The lowest BCUT2D eigenvalue weighted by Gasteiger charge is -1.94. The summed E-state index contributed by atoms with van der Waals surface area (Å²) in [4.78, 5) is 13.7. The minimum absolute atomic E-state index is 0.299. The third-order valence-corrected chi connectivity index (χ3v) is 2.53. The Balaban J connectivity index is 2.72. The van der Waals surface area contributed by atoms with Gasteiger partial charge >= 0.3 is 5.97 Å². The van der Waals surface area contributed by atoms with E-state index in [0.717, 1.165) is 15.4 Å². The number of carbonyl (C=O) groups is 1. The Hall–Kier alpha value is -1.29. The van der Waals surface area contributed by atoms with E-state index in [1.54, 1.807) is 24.4 Å². The SMILES string of the molecule is O=C(O)c1ccc2[nH]cc(Br)c2c1. The van der Waals surface area contributed by atoms with Crippen LogP contribution in [0.3, 0.4) is 0 Å². The second-order valence-corrected chi connectivity index (χ2v) is 3.56. The van der Waals surface area contributed by atoms with E-state index in [4.69, 9.17) is 5.11 Å². The lowest BCUT2D eigenvalue weighted by Crippen LogP contribution is -1.94. The van der Waals surface area contributed by atoms with Gasteiger partial charge in [0.25, 0.3) is 0 Å². The van der Waals surface area contributed by atoms with Crippen LogP contribution in [0.1, 0.15) is 10.4 Å². The van der Waals surface area contributed by atoms with Gasteiger partial charge in [0, 0.05) is 21.6 Å². The van der Waals surface area contributed by atoms with Gasteiger partial charge in [-0.2, -0.15) is 0 Å². The van der Waals surface area contributed by atoms with Crippen LogP contribution in [0, 0.1) is 0 Å². The van der Waals surface area contributed by atoms with Crippen LogP contribution in [-0.2, 0) is 0 Å². The molecule has 66 valence electrons. The van der Waals surface area contributed by atoms with Crippen LogP contribution in [-0.4, -0.2) is 16.1 Å². The zero-order chi connectivity index (χ0) is 9.42. The van der Waals surface area contributed by atoms with Crippen LogP contribution >= 0.6 is 15.9 Å². The molecule has 0 fully saturated rings. The zero-order valence-electron chi connectivity index (χ0n) is 6.54. The fourth-order valence-electron chi connectivity index (χ4n) is 1.22. The van der Waals surface area contributed by atoms with Crippen molar-refractivity contribution in [2.24, 2.45) is 0 Å². The molecule has 4 heteroatoms. The highest BCUT2D eigenvalue weighted by Gasteiger charge is 2.06. The summed E-state index contributed by atoms with van der Waals surface area (Å²) in [5.41, 5.74) is 1.23. The molecule has 0 aliphatic carbocycles. The Kier molecular flexibility index (Phi) is 1.84. The maximum atomic E-state index is 10.7. The molecule has 2 N–H and O–H groups in total. The Bertz CT molecular complexity index is 475. The van der Waals surface area contributed by atoms with Crippen molar-refractivity contribution in [1.82, 2.24) is 4.98 Å². The van der Waals surface area contributed by atoms with Gasteiger partial charge in [0.1, 0.15) is 0 Å². The molecule has 0 saturated carbocycles. The van der Waals surface area contributed by atoms with Gasteiger partial charge in [-0.25, -0.2) is 4.79 Å². The Morgan fingerprint density at radius 1 is 1.46 bits per heavy atom. The van der Waals surface area contributed by atoms with Crippen LogP contribution < -0.4 is 0 Å². The quantitative estimate of drug-likeness (QED) is 0.804. The summed E-state index contributed by atoms with van der Waals surface area (Å²) in [6.45, 7) is 0. The number of nitrogens with one attached hydrogen (secondary N) is 1. The first-order valence-electron chi connectivity index (χ1n) is 3.68. The first-order chi connectivity index (χ1) is 6.18. The van der Waals surface area contributed by atoms with Gasteiger partial charge in [0.05, 0.1) is 5.56 Å². The van der Waals surface area contributed by atoms with E-state index in [1.807, 2.05) is 0 Å². The van der Waals surface area contributed by atoms with Gasteiger partial charge in [-0.05, 0) is 34.1 Å². The maximum Gasteiger partial charge on any atom is 0.335 e. The molecule has 0 aliphatic rings. The second-order valence-electron chi connectivity index (χ2n) is 2.70. The number of carboxylic acid groups (broad SMARTS) is 1. The molecular formula is C9H6BrNO2. The molecule has 0 atom stereocenters. The number of hydrogen-bond acceptors (Lipinski definition) is 1. The predicted octanol–water partition coefficient (Wildman–Crippen LogP) is 2.63. The van der Waals surface area contributed by atoms with Crippen molar-refractivity contribution in [1.29, 1.82) is 0 Å². The number of carboxylic acids is 1. The average Bonchev–Trinajstić information content (AvgIpc) is 2.47. The van der Waals surface area contributed by atoms with Gasteiger partial charge in [-0.1, -0.05) is 0 Å². The first kappa shape index (κ1) is 8.31. The minimum atomic E-state index is -0.907. The van der Waals surface area contributed by atoms with Crippen molar-refractivity contribution in [3.63, 3.8) is 0 Å². The molecule has 3 nitrogen and oxygen atoms in total. The van der Waals surface area contributed by atoms with Gasteiger partial charge < -0.3 is 10.1 Å². The summed E-state index contributed by atoms with van der Waals surface area (Å²) in [6, 6.07) is 4.97. The molecule has 2 rings (SSSR count). The van der Waals surface area contributed by atoms with E-state index in [-0.39, 0.29) is 0 Å². The third kappa shape index (κ3) is 1.33. The maximum absolute atomic E-state index is 10.7. The molecule has 0 bridgehead atoms. The summed E-state index contributed by atoms with van der Waals surface area (Å²) in [7, 11) is 0. The fraction of sp³-hybridized carbons (Fsp3) is 0. The highest BCUT2D eigenvalue weighted by Crippen LogP contribution is 2.24. The summed E-state index contributed by atoms with van der Waals surface area (Å²) >= 11 is 3.33. The van der Waals surface area contributed by atoms with Crippen LogP contribution in [0.5, 0.6) is 0 Å². The fourth-order valence-corrected chi connectivity index (χ4v) is 1.66. The van der Waals surface area contributed by atoms with E-state index in [0.29, 0.717) is 5.56 Å². The Labute approximate surface area is 82.5 Å². The zero-order valence-corrected chi connectivity index (χ0v) is 8.13. The van der Waals surface area contributed by atoms with E-state index in [9.17, 15) is 4.79 Å². The molecule has 0 unspecified atom stereocenters. The van der Waals surface area contributed by atoms with Crippen molar-refractivity contribution in [3.05, 3.63) is 34.4 Å². The number of aromatic amines is 1. The third-order valence-electron chi connectivity index (χ3n) is 1.88. The number of H-pyrrole nitrogens is 1. The molecule has 1 aromatic heterocycles. The number of aromatic nitrogens is 1. The van der Waals surface area contributed by atoms with Gasteiger partial charge in [0.15, 0.2) is 0 Å². The molecule has 0 saturated heterocycles. The van der Waals surface area contributed by atoms with E-state index < -0.39 is 5.97 Å². The Morgan fingerprint density at radius 2 is 2.23 bits per heavy atom. The van der Waals surface area contributed by atoms with Crippen molar-refractivity contribution in [2.45, 2.75) is 0 Å². The van der Waals surface area contributed by atoms with E-state index in [1.165, 1.54) is 0 Å². The van der Waals surface area contributed by atoms with E-state index in [2.05, 4.69) is 20.9 Å². The molecule has 0 spiro atoms. The lowest BCUT2D eigenvalue weighted by molar-refractivity contribution is 0.0697. The van der Waals surface area contributed by atoms with Crippen LogP contribution in [0.4, 0.5) is 0 Å². The molecular weight excluding hydrogens is 234 g/mol. The summed E-state index contributed by atoms with van der Waals surface area (Å²) in [5.74, 6) is -0.907. The number of benzene rings is 1. The predicted molar refractivity (Wildman–Crippen MR) is 53.0 cm³/mol. The van der Waals surface area contributed by atoms with E-state index >= 15 is 0 Å². The number of aromatic carboxylic acids is 1. The summed E-state index contributed by atoms with van der Waals surface area (Å²) in [5, 5.41) is 9.64. The highest BCUT2D eigenvalue weighted by atomic mass is 79.9. The molecule has 2 aromatic rings. The normalized spacial score (nSPS) is 10.5. The van der Waals surface area contributed by atoms with Crippen LogP contribution in [0.2, 0.25) is 0 Å². The van der Waals surface area contributed by atoms with Gasteiger partial charge in [0.2, 0.25) is 0 Å². The molecule has 0 amide bonds. The topological polar surface area (TPSA) is 53.1 Å². The molecule has 0 radical (unpaired) electrons. The number of halogens is 1. The van der Waals surface area contributed by atoms with Crippen LogP contribution in [0.25, 0.3) is 10.9 Å².